The van der Waals surface area contributed by atoms with E-state index in [4.69, 9.17) is 5.73 Å². The molecule has 1 amide bonds. The number of hydrogen-bond acceptors (Lipinski definition) is 4. The van der Waals surface area contributed by atoms with Crippen molar-refractivity contribution in [1.29, 1.82) is 0 Å². The first kappa shape index (κ1) is 14.8. The van der Waals surface area contributed by atoms with E-state index in [0.29, 0.717) is 18.2 Å². The summed E-state index contributed by atoms with van der Waals surface area (Å²) in [5, 5.41) is 6.96. The van der Waals surface area contributed by atoms with Crippen molar-refractivity contribution in [2.24, 2.45) is 5.92 Å². The first-order valence-corrected chi connectivity index (χ1v) is 7.40. The Bertz CT molecular complexity index is 425. The molecule has 0 bridgehead atoms. The number of nitrogens with two attached hydrogens (primary N) is 1. The van der Waals surface area contributed by atoms with Crippen LogP contribution >= 0.6 is 0 Å². The third-order valence-corrected chi connectivity index (χ3v) is 3.63. The van der Waals surface area contributed by atoms with Crippen LogP contribution in [0.1, 0.15) is 26.2 Å². The number of hydrogen-bond donors (Lipinski definition) is 2. The summed E-state index contributed by atoms with van der Waals surface area (Å²) >= 11 is 0. The second-order valence-corrected chi connectivity index (χ2v) is 5.74. The number of nitrogens with one attached hydrogen (secondary N) is 1. The summed E-state index contributed by atoms with van der Waals surface area (Å²) in [7, 11) is 0. The number of amides is 1. The van der Waals surface area contributed by atoms with Gasteiger partial charge in [-0.3, -0.25) is 9.48 Å². The summed E-state index contributed by atoms with van der Waals surface area (Å²) in [5.74, 6) is 0.457. The van der Waals surface area contributed by atoms with Gasteiger partial charge < -0.3 is 16.0 Å². The van der Waals surface area contributed by atoms with Gasteiger partial charge in [-0.25, -0.2) is 0 Å². The highest BCUT2D eigenvalue weighted by Gasteiger charge is 2.14. The zero-order chi connectivity index (χ0) is 14.4. The van der Waals surface area contributed by atoms with E-state index in [2.05, 4.69) is 22.2 Å². The van der Waals surface area contributed by atoms with Crippen molar-refractivity contribution in [2.75, 3.05) is 31.9 Å². The standard InChI is InChI=1S/C14H25N5O/c1-12(9-18-5-3-2-4-6-18)7-16-14(20)11-19-10-13(15)8-17-19/h8,10,12H,2-7,9,11,15H2,1H3,(H,16,20). The number of piperidine rings is 1. The molecule has 2 rings (SSSR count). The molecule has 2 heterocycles. The maximum Gasteiger partial charge on any atom is 0.241 e. The average molecular weight is 279 g/mol. The molecule has 1 aliphatic rings. The molecular weight excluding hydrogens is 254 g/mol. The van der Waals surface area contributed by atoms with E-state index in [0.717, 1.165) is 6.54 Å². The van der Waals surface area contributed by atoms with E-state index < -0.39 is 0 Å². The van der Waals surface area contributed by atoms with Crippen LogP contribution in [0, 0.1) is 5.92 Å². The minimum absolute atomic E-state index is 0.0152. The summed E-state index contributed by atoms with van der Waals surface area (Å²) in [6.07, 6.45) is 7.18. The van der Waals surface area contributed by atoms with Crippen molar-refractivity contribution in [3.05, 3.63) is 12.4 Å². The molecule has 1 saturated heterocycles. The molecule has 20 heavy (non-hydrogen) atoms. The zero-order valence-electron chi connectivity index (χ0n) is 12.2. The maximum absolute atomic E-state index is 11.8. The Morgan fingerprint density at radius 2 is 2.20 bits per heavy atom. The molecule has 0 saturated carbocycles. The highest BCUT2D eigenvalue weighted by molar-refractivity contribution is 5.75. The number of likely N-dealkylation sites (tertiary alicyclic amines) is 1. The molecule has 1 aromatic rings. The fourth-order valence-electron chi connectivity index (χ4n) is 2.60. The molecule has 6 nitrogen and oxygen atoms in total. The second-order valence-electron chi connectivity index (χ2n) is 5.74. The van der Waals surface area contributed by atoms with Crippen molar-refractivity contribution >= 4 is 11.6 Å². The van der Waals surface area contributed by atoms with E-state index in [-0.39, 0.29) is 12.5 Å². The predicted octanol–water partition coefficient (Wildman–Crippen LogP) is 0.704. The Hall–Kier alpha value is -1.56. The van der Waals surface area contributed by atoms with Crippen molar-refractivity contribution in [3.8, 4) is 0 Å². The van der Waals surface area contributed by atoms with Crippen LogP contribution in [-0.2, 0) is 11.3 Å². The van der Waals surface area contributed by atoms with Crippen molar-refractivity contribution < 1.29 is 4.79 Å². The Balaban J connectivity index is 1.64. The van der Waals surface area contributed by atoms with Gasteiger partial charge in [-0.2, -0.15) is 5.10 Å². The Morgan fingerprint density at radius 1 is 1.45 bits per heavy atom. The Morgan fingerprint density at radius 3 is 2.85 bits per heavy atom. The molecule has 0 radical (unpaired) electrons. The lowest BCUT2D eigenvalue weighted by Crippen LogP contribution is -2.38. The normalized spacial score (nSPS) is 17.9. The Kier molecular flexibility index (Phi) is 5.40. The molecule has 1 aliphatic heterocycles. The summed E-state index contributed by atoms with van der Waals surface area (Å²) in [4.78, 5) is 14.3. The first-order chi connectivity index (χ1) is 9.63. The molecular formula is C14H25N5O. The monoisotopic (exact) mass is 279 g/mol. The quantitative estimate of drug-likeness (QED) is 0.804. The molecule has 3 N–H and O–H groups in total. The Labute approximate surface area is 120 Å². The van der Waals surface area contributed by atoms with Gasteiger partial charge in [-0.05, 0) is 31.8 Å². The summed E-state index contributed by atoms with van der Waals surface area (Å²) in [6, 6.07) is 0. The smallest absolute Gasteiger partial charge is 0.241 e. The molecule has 0 aliphatic carbocycles. The van der Waals surface area contributed by atoms with Crippen LogP contribution in [0.2, 0.25) is 0 Å². The van der Waals surface area contributed by atoms with Gasteiger partial charge in [0.15, 0.2) is 0 Å². The fraction of sp³-hybridized carbons (Fsp3) is 0.714. The van der Waals surface area contributed by atoms with E-state index >= 15 is 0 Å². The predicted molar refractivity (Wildman–Crippen MR) is 79.1 cm³/mol. The van der Waals surface area contributed by atoms with Gasteiger partial charge >= 0.3 is 0 Å². The average Bonchev–Trinajstić information content (AvgIpc) is 2.83. The lowest BCUT2D eigenvalue weighted by Gasteiger charge is -2.29. The lowest BCUT2D eigenvalue weighted by molar-refractivity contribution is -0.122. The van der Waals surface area contributed by atoms with Crippen LogP contribution in [-0.4, -0.2) is 46.8 Å². The van der Waals surface area contributed by atoms with Crippen LogP contribution < -0.4 is 11.1 Å². The summed E-state index contributed by atoms with van der Waals surface area (Å²) in [6.45, 7) is 6.59. The van der Waals surface area contributed by atoms with Crippen LogP contribution in [0.3, 0.4) is 0 Å². The van der Waals surface area contributed by atoms with Gasteiger partial charge in [0.25, 0.3) is 0 Å². The van der Waals surface area contributed by atoms with Gasteiger partial charge in [0, 0.05) is 19.3 Å². The van der Waals surface area contributed by atoms with Crippen LogP contribution in [0.4, 0.5) is 5.69 Å². The summed E-state index contributed by atoms with van der Waals surface area (Å²) in [5.41, 5.74) is 6.14. The van der Waals surface area contributed by atoms with E-state index in [9.17, 15) is 4.79 Å². The van der Waals surface area contributed by atoms with Crippen molar-refractivity contribution in [1.82, 2.24) is 20.0 Å². The van der Waals surface area contributed by atoms with Gasteiger partial charge in [0.05, 0.1) is 11.9 Å². The number of nitrogen functional groups attached to an aromatic ring is 1. The van der Waals surface area contributed by atoms with Gasteiger partial charge in [-0.1, -0.05) is 13.3 Å². The largest absolute Gasteiger partial charge is 0.396 e. The number of carbonyl (C=O) groups is 1. The number of carbonyl (C=O) groups excluding carboxylic acids is 1. The molecule has 6 heteroatoms. The minimum Gasteiger partial charge on any atom is -0.396 e. The topological polar surface area (TPSA) is 76.2 Å². The number of nitrogens with zero attached hydrogens (tertiary/aromatic N) is 3. The molecule has 112 valence electrons. The molecule has 1 atom stereocenters. The van der Waals surface area contributed by atoms with Crippen LogP contribution in [0.25, 0.3) is 0 Å². The van der Waals surface area contributed by atoms with E-state index in [1.165, 1.54) is 32.4 Å². The third kappa shape index (κ3) is 4.85. The van der Waals surface area contributed by atoms with E-state index in [1.807, 2.05) is 0 Å². The van der Waals surface area contributed by atoms with Gasteiger partial charge in [-0.15, -0.1) is 0 Å². The number of anilines is 1. The van der Waals surface area contributed by atoms with Gasteiger partial charge in [0.2, 0.25) is 5.91 Å². The first-order valence-electron chi connectivity index (χ1n) is 7.40. The van der Waals surface area contributed by atoms with Crippen LogP contribution in [0.5, 0.6) is 0 Å². The van der Waals surface area contributed by atoms with Crippen molar-refractivity contribution in [2.45, 2.75) is 32.7 Å². The summed E-state index contributed by atoms with van der Waals surface area (Å²) < 4.78 is 1.56. The fourth-order valence-corrected chi connectivity index (χ4v) is 2.60. The van der Waals surface area contributed by atoms with Crippen LogP contribution in [0.15, 0.2) is 12.4 Å². The highest BCUT2D eigenvalue weighted by atomic mass is 16.2. The lowest BCUT2D eigenvalue weighted by atomic mass is 10.1. The molecule has 0 spiro atoms. The third-order valence-electron chi connectivity index (χ3n) is 3.63. The molecule has 1 unspecified atom stereocenters. The number of rotatable bonds is 6. The molecule has 1 aromatic heterocycles. The molecule has 0 aromatic carbocycles. The van der Waals surface area contributed by atoms with Crippen molar-refractivity contribution in [3.63, 3.8) is 0 Å². The number of aromatic nitrogens is 2. The minimum atomic E-state index is -0.0152. The van der Waals surface area contributed by atoms with E-state index in [1.54, 1.807) is 17.1 Å². The highest BCUT2D eigenvalue weighted by Crippen LogP contribution is 2.10. The maximum atomic E-state index is 11.8. The second kappa shape index (κ2) is 7.28. The molecule has 1 fully saturated rings. The SMILES string of the molecule is CC(CNC(=O)Cn1cc(N)cn1)CN1CCCCC1. The zero-order valence-corrected chi connectivity index (χ0v) is 12.2. The van der Waals surface area contributed by atoms with Gasteiger partial charge in [0.1, 0.15) is 6.54 Å².